The predicted molar refractivity (Wildman–Crippen MR) is 70.0 cm³/mol. The van der Waals surface area contributed by atoms with Crippen LogP contribution in [0.25, 0.3) is 0 Å². The van der Waals surface area contributed by atoms with E-state index in [1.54, 1.807) is 32.2 Å². The highest BCUT2D eigenvalue weighted by atomic mass is 32.2. The molecule has 0 saturated carbocycles. The van der Waals surface area contributed by atoms with Crippen molar-refractivity contribution in [3.05, 3.63) is 35.9 Å². The quantitative estimate of drug-likeness (QED) is 0.820. The molecule has 0 fully saturated rings. The first-order valence-corrected chi connectivity index (χ1v) is 6.74. The molecular formula is C13H18O3S. The molecule has 4 heteroatoms. The van der Waals surface area contributed by atoms with Crippen LogP contribution in [0.3, 0.4) is 0 Å². The average molecular weight is 254 g/mol. The first-order chi connectivity index (χ1) is 8.06. The van der Waals surface area contributed by atoms with Crippen molar-refractivity contribution in [1.82, 2.24) is 0 Å². The lowest BCUT2D eigenvalue weighted by Crippen LogP contribution is -2.39. The van der Waals surface area contributed by atoms with Crippen molar-refractivity contribution in [1.29, 1.82) is 0 Å². The lowest BCUT2D eigenvalue weighted by molar-refractivity contribution is -0.148. The van der Waals surface area contributed by atoms with E-state index in [1.165, 1.54) is 11.8 Å². The molecule has 0 aromatic heterocycles. The Kier molecular flexibility index (Phi) is 5.02. The minimum absolute atomic E-state index is 0.316. The van der Waals surface area contributed by atoms with E-state index in [9.17, 15) is 9.90 Å². The third kappa shape index (κ3) is 3.01. The van der Waals surface area contributed by atoms with Gasteiger partial charge in [0.05, 0.1) is 6.61 Å². The number of aliphatic hydroxyl groups excluding tert-OH is 1. The number of hydrogen-bond acceptors (Lipinski definition) is 4. The second-order valence-corrected chi connectivity index (χ2v) is 5.10. The maximum absolute atomic E-state index is 11.9. The van der Waals surface area contributed by atoms with E-state index in [-0.39, 0.29) is 5.97 Å². The van der Waals surface area contributed by atoms with Gasteiger partial charge in [-0.25, -0.2) is 0 Å². The highest BCUT2D eigenvalue weighted by Crippen LogP contribution is 2.37. The summed E-state index contributed by atoms with van der Waals surface area (Å²) in [5.74, 6) is -0.385. The Hall–Kier alpha value is -1.00. The van der Waals surface area contributed by atoms with Crippen LogP contribution in [0.1, 0.15) is 25.5 Å². The molecule has 0 unspecified atom stereocenters. The molecule has 17 heavy (non-hydrogen) atoms. The summed E-state index contributed by atoms with van der Waals surface area (Å²) in [7, 11) is 0. The molecule has 0 radical (unpaired) electrons. The topological polar surface area (TPSA) is 46.5 Å². The van der Waals surface area contributed by atoms with Crippen LogP contribution < -0.4 is 0 Å². The molecule has 0 aliphatic rings. The second-order valence-electron chi connectivity index (χ2n) is 3.84. The van der Waals surface area contributed by atoms with Crippen molar-refractivity contribution in [2.45, 2.75) is 24.7 Å². The number of hydrogen-bond donors (Lipinski definition) is 1. The fourth-order valence-electron chi connectivity index (χ4n) is 1.53. The summed E-state index contributed by atoms with van der Waals surface area (Å²) in [6, 6.07) is 9.16. The molecule has 0 spiro atoms. The minimum Gasteiger partial charge on any atom is -0.465 e. The molecule has 1 aromatic carbocycles. The summed E-state index contributed by atoms with van der Waals surface area (Å²) in [6.45, 7) is 3.78. The van der Waals surface area contributed by atoms with Crippen molar-refractivity contribution in [3.63, 3.8) is 0 Å². The van der Waals surface area contributed by atoms with E-state index in [0.29, 0.717) is 6.61 Å². The van der Waals surface area contributed by atoms with Crippen molar-refractivity contribution in [3.8, 4) is 0 Å². The number of thioether (sulfide) groups is 1. The van der Waals surface area contributed by atoms with Crippen molar-refractivity contribution in [2.75, 3.05) is 12.9 Å². The highest BCUT2D eigenvalue weighted by Gasteiger charge is 2.42. The van der Waals surface area contributed by atoms with Crippen molar-refractivity contribution >= 4 is 17.7 Å². The van der Waals surface area contributed by atoms with Crippen LogP contribution in [0, 0.1) is 0 Å². The lowest BCUT2D eigenvalue weighted by atomic mass is 9.96. The second kappa shape index (κ2) is 6.07. The molecule has 3 nitrogen and oxygen atoms in total. The van der Waals surface area contributed by atoms with Crippen LogP contribution in [0.4, 0.5) is 0 Å². The molecule has 1 N–H and O–H groups in total. The summed E-state index contributed by atoms with van der Waals surface area (Å²) in [4.78, 5) is 11.9. The van der Waals surface area contributed by atoms with Gasteiger partial charge in [-0.2, -0.15) is 0 Å². The van der Waals surface area contributed by atoms with E-state index in [0.717, 1.165) is 5.56 Å². The van der Waals surface area contributed by atoms with Crippen LogP contribution in [0.15, 0.2) is 30.3 Å². The Balaban J connectivity index is 2.97. The van der Waals surface area contributed by atoms with E-state index in [2.05, 4.69) is 0 Å². The molecule has 0 aliphatic carbocycles. The van der Waals surface area contributed by atoms with Gasteiger partial charge < -0.3 is 9.84 Å². The number of aliphatic hydroxyl groups is 1. The van der Waals surface area contributed by atoms with E-state index >= 15 is 0 Å². The number of ether oxygens (including phenoxy) is 1. The standard InChI is InChI=1S/C13H18O3S/c1-4-16-12(15)13(2,17-3)11(14)10-8-6-5-7-9-10/h5-9,11,14H,4H2,1-3H3/t11-,13+/m0/s1. The molecule has 2 atom stereocenters. The van der Waals surface area contributed by atoms with Gasteiger partial charge in [0.25, 0.3) is 0 Å². The molecule has 0 heterocycles. The van der Waals surface area contributed by atoms with Gasteiger partial charge in [0, 0.05) is 0 Å². The lowest BCUT2D eigenvalue weighted by Gasteiger charge is -2.30. The molecule has 0 saturated heterocycles. The van der Waals surface area contributed by atoms with E-state index in [4.69, 9.17) is 4.74 Å². The Labute approximate surface area is 106 Å². The third-order valence-electron chi connectivity index (χ3n) is 2.74. The maximum Gasteiger partial charge on any atom is 0.324 e. The van der Waals surface area contributed by atoms with Crippen LogP contribution in [0.5, 0.6) is 0 Å². The van der Waals surface area contributed by atoms with Crippen LogP contribution >= 0.6 is 11.8 Å². The number of benzene rings is 1. The molecular weight excluding hydrogens is 236 g/mol. The van der Waals surface area contributed by atoms with Crippen LogP contribution in [-0.2, 0) is 9.53 Å². The summed E-state index contributed by atoms with van der Waals surface area (Å²) >= 11 is 1.30. The monoisotopic (exact) mass is 254 g/mol. The number of carbonyl (C=O) groups excluding carboxylic acids is 1. The van der Waals surface area contributed by atoms with Gasteiger partial charge in [-0.3, -0.25) is 4.79 Å². The fourth-order valence-corrected chi connectivity index (χ4v) is 2.12. The highest BCUT2D eigenvalue weighted by molar-refractivity contribution is 8.00. The van der Waals surface area contributed by atoms with Gasteiger partial charge in [0.2, 0.25) is 0 Å². The number of esters is 1. The average Bonchev–Trinajstić information content (AvgIpc) is 2.38. The van der Waals surface area contributed by atoms with Gasteiger partial charge >= 0.3 is 5.97 Å². The maximum atomic E-state index is 11.9. The van der Waals surface area contributed by atoms with Gasteiger partial charge in [0.15, 0.2) is 0 Å². The van der Waals surface area contributed by atoms with Gasteiger partial charge in [0.1, 0.15) is 10.9 Å². The van der Waals surface area contributed by atoms with Crippen LogP contribution in [-0.4, -0.2) is 28.7 Å². The Morgan fingerprint density at radius 2 is 2.06 bits per heavy atom. The molecule has 1 rings (SSSR count). The van der Waals surface area contributed by atoms with Gasteiger partial charge in [-0.05, 0) is 25.7 Å². The van der Waals surface area contributed by atoms with Crippen molar-refractivity contribution < 1.29 is 14.6 Å². The summed E-state index contributed by atoms with van der Waals surface area (Å²) in [5.41, 5.74) is 0.720. The molecule has 0 amide bonds. The van der Waals surface area contributed by atoms with E-state index < -0.39 is 10.9 Å². The molecule has 0 bridgehead atoms. The Morgan fingerprint density at radius 3 is 2.53 bits per heavy atom. The third-order valence-corrected chi connectivity index (χ3v) is 3.98. The zero-order valence-corrected chi connectivity index (χ0v) is 11.2. The molecule has 94 valence electrons. The first-order valence-electron chi connectivity index (χ1n) is 5.51. The minimum atomic E-state index is -0.975. The zero-order valence-electron chi connectivity index (χ0n) is 10.3. The van der Waals surface area contributed by atoms with E-state index in [1.807, 2.05) is 18.2 Å². The number of carbonyl (C=O) groups is 1. The summed E-state index contributed by atoms with van der Waals surface area (Å²) < 4.78 is 4.05. The normalized spacial score (nSPS) is 16.0. The SMILES string of the molecule is CCOC(=O)[C@](C)(SC)[C@@H](O)c1ccccc1. The Bertz CT molecular complexity index is 366. The Morgan fingerprint density at radius 1 is 1.47 bits per heavy atom. The largest absolute Gasteiger partial charge is 0.465 e. The predicted octanol–water partition coefficient (Wildman–Crippen LogP) is 2.40. The first kappa shape index (κ1) is 14.1. The summed E-state index contributed by atoms with van der Waals surface area (Å²) in [6.07, 6.45) is 0.918. The summed E-state index contributed by atoms with van der Waals surface area (Å²) in [5, 5.41) is 10.3. The smallest absolute Gasteiger partial charge is 0.324 e. The zero-order chi connectivity index (χ0) is 12.9. The van der Waals surface area contributed by atoms with Gasteiger partial charge in [-0.15, -0.1) is 11.8 Å². The van der Waals surface area contributed by atoms with Crippen molar-refractivity contribution in [2.24, 2.45) is 0 Å². The molecule has 0 aliphatic heterocycles. The van der Waals surface area contributed by atoms with Gasteiger partial charge in [-0.1, -0.05) is 30.3 Å². The molecule has 1 aromatic rings. The fraction of sp³-hybridized carbons (Fsp3) is 0.462. The van der Waals surface area contributed by atoms with Crippen LogP contribution in [0.2, 0.25) is 0 Å². The number of rotatable bonds is 5.